The first-order valence-corrected chi connectivity index (χ1v) is 14.0. The highest BCUT2D eigenvalue weighted by atomic mass is 19.1. The molecule has 1 fully saturated rings. The minimum absolute atomic E-state index is 0.279. The summed E-state index contributed by atoms with van der Waals surface area (Å²) < 4.78 is 35.5. The highest BCUT2D eigenvalue weighted by Gasteiger charge is 2.58. The van der Waals surface area contributed by atoms with Crippen molar-refractivity contribution in [2.24, 2.45) is 15.6 Å². The van der Waals surface area contributed by atoms with Gasteiger partial charge in [-0.2, -0.15) is 10.2 Å². The number of halogens is 1. The molecule has 226 valence electrons. The zero-order valence-electron chi connectivity index (χ0n) is 24.3. The van der Waals surface area contributed by atoms with Gasteiger partial charge < -0.3 is 24.3 Å². The predicted octanol–water partition coefficient (Wildman–Crippen LogP) is 7.92. The van der Waals surface area contributed by atoms with Crippen molar-refractivity contribution >= 4 is 39.8 Å². The van der Waals surface area contributed by atoms with E-state index in [-0.39, 0.29) is 5.75 Å². The molecule has 0 saturated heterocycles. The van der Waals surface area contributed by atoms with Gasteiger partial charge in [0.25, 0.3) is 0 Å². The van der Waals surface area contributed by atoms with Crippen molar-refractivity contribution in [3.63, 3.8) is 0 Å². The summed E-state index contributed by atoms with van der Waals surface area (Å²) in [6.07, 6.45) is 2.41. The molecule has 4 aromatic carbocycles. The second-order valence-electron chi connectivity index (χ2n) is 10.3. The molecule has 0 atom stereocenters. The number of benzene rings is 4. The summed E-state index contributed by atoms with van der Waals surface area (Å²) in [4.78, 5) is 30.0. The van der Waals surface area contributed by atoms with Gasteiger partial charge in [-0.05, 0) is 97.8 Å². The van der Waals surface area contributed by atoms with E-state index in [9.17, 15) is 14.0 Å². The van der Waals surface area contributed by atoms with E-state index in [2.05, 4.69) is 20.5 Å². The third kappa shape index (κ3) is 6.42. The second-order valence-corrected chi connectivity index (χ2v) is 10.3. The molecule has 1 amide bonds. The molecule has 1 aromatic heterocycles. The van der Waals surface area contributed by atoms with Crippen LogP contribution in [0.4, 0.5) is 21.5 Å². The number of hydrogen-bond acceptors (Lipinski definition) is 9. The molecule has 1 aliphatic carbocycles. The van der Waals surface area contributed by atoms with Gasteiger partial charge in [0.15, 0.2) is 11.5 Å². The molecule has 1 saturated carbocycles. The zero-order chi connectivity index (χ0) is 31.4. The van der Waals surface area contributed by atoms with Crippen molar-refractivity contribution in [1.82, 2.24) is 4.98 Å². The van der Waals surface area contributed by atoms with E-state index < -0.39 is 23.1 Å². The number of nitrogens with one attached hydrogen (secondary N) is 1. The fourth-order valence-corrected chi connectivity index (χ4v) is 4.58. The summed E-state index contributed by atoms with van der Waals surface area (Å²) in [6, 6.07) is 24.3. The summed E-state index contributed by atoms with van der Waals surface area (Å²) >= 11 is 0. The van der Waals surface area contributed by atoms with Crippen LogP contribution in [0, 0.1) is 11.2 Å². The van der Waals surface area contributed by atoms with Crippen LogP contribution >= 0.6 is 0 Å². The zero-order valence-corrected chi connectivity index (χ0v) is 24.3. The van der Waals surface area contributed by atoms with E-state index in [1.165, 1.54) is 24.3 Å². The van der Waals surface area contributed by atoms with Crippen LogP contribution in [0.2, 0.25) is 0 Å². The number of hydrogen-bond donors (Lipinski definition) is 1. The molecule has 0 unspecified atom stereocenters. The van der Waals surface area contributed by atoms with Crippen molar-refractivity contribution in [2.75, 3.05) is 19.5 Å². The Labute approximate surface area is 257 Å². The second kappa shape index (κ2) is 12.4. The van der Waals surface area contributed by atoms with E-state index in [4.69, 9.17) is 18.9 Å². The first-order valence-electron chi connectivity index (χ1n) is 14.0. The molecule has 6 rings (SSSR count). The maximum Gasteiger partial charge on any atom is 0.327 e. The molecule has 1 aliphatic rings. The molecule has 1 N–H and O–H groups in total. The predicted molar refractivity (Wildman–Crippen MR) is 164 cm³/mol. The number of amides is 1. The molecule has 0 aliphatic heterocycles. The van der Waals surface area contributed by atoms with Gasteiger partial charge in [-0.1, -0.05) is 0 Å². The van der Waals surface area contributed by atoms with Crippen LogP contribution < -0.4 is 24.3 Å². The highest BCUT2D eigenvalue weighted by molar-refractivity contribution is 6.11. The summed E-state index contributed by atoms with van der Waals surface area (Å²) in [5.74, 6) is 1.10. The van der Waals surface area contributed by atoms with Gasteiger partial charge in [-0.15, -0.1) is 0 Å². The van der Waals surface area contributed by atoms with Crippen LogP contribution in [-0.4, -0.2) is 31.1 Å². The van der Waals surface area contributed by atoms with Crippen LogP contribution in [0.25, 0.3) is 10.9 Å². The van der Waals surface area contributed by atoms with Crippen LogP contribution in [0.3, 0.4) is 0 Å². The average Bonchev–Trinajstić information content (AvgIpc) is 3.88. The monoisotopic (exact) mass is 606 g/mol. The summed E-state index contributed by atoms with van der Waals surface area (Å²) in [6.45, 7) is 0. The fourth-order valence-electron chi connectivity index (χ4n) is 4.58. The average molecular weight is 607 g/mol. The van der Waals surface area contributed by atoms with Crippen molar-refractivity contribution in [3.8, 4) is 28.7 Å². The molecule has 1 heterocycles. The maximum absolute atomic E-state index is 13.1. The normalized spacial score (nSPS) is 13.3. The van der Waals surface area contributed by atoms with Crippen molar-refractivity contribution < 1.29 is 32.9 Å². The summed E-state index contributed by atoms with van der Waals surface area (Å²) in [5.41, 5.74) is 0.996. The Bertz CT molecular complexity index is 1890. The Morgan fingerprint density at radius 3 is 1.98 bits per heavy atom. The Hall–Kier alpha value is -5.84. The van der Waals surface area contributed by atoms with Gasteiger partial charge >= 0.3 is 5.97 Å². The Balaban J connectivity index is 1.06. The summed E-state index contributed by atoms with van der Waals surface area (Å²) in [5, 5.41) is 11.9. The first kappa shape index (κ1) is 29.2. The lowest BCUT2D eigenvalue weighted by Crippen LogP contribution is -2.34. The molecule has 45 heavy (non-hydrogen) atoms. The van der Waals surface area contributed by atoms with Crippen molar-refractivity contribution in [3.05, 3.63) is 103 Å². The molecule has 0 bridgehead atoms. The van der Waals surface area contributed by atoms with Crippen LogP contribution in [0.15, 0.2) is 107 Å². The topological polar surface area (TPSA) is 121 Å². The van der Waals surface area contributed by atoms with Crippen LogP contribution in [0.5, 0.6) is 28.7 Å². The lowest BCUT2D eigenvalue weighted by molar-refractivity contribution is -0.145. The van der Waals surface area contributed by atoms with Crippen molar-refractivity contribution in [2.45, 2.75) is 12.8 Å². The Morgan fingerprint density at radius 2 is 1.38 bits per heavy atom. The number of rotatable bonds is 10. The first-order chi connectivity index (χ1) is 21.9. The number of nitrogens with zero attached hydrogens (tertiary/aromatic N) is 3. The molecule has 10 nitrogen and oxygen atoms in total. The molecule has 0 spiro atoms. The molecule has 11 heteroatoms. The molecule has 5 aromatic rings. The highest BCUT2D eigenvalue weighted by Crippen LogP contribution is 2.48. The van der Waals surface area contributed by atoms with Crippen molar-refractivity contribution in [1.29, 1.82) is 0 Å². The smallest absolute Gasteiger partial charge is 0.327 e. The number of carbonyl (C=O) groups excluding carboxylic acids is 2. The van der Waals surface area contributed by atoms with E-state index in [1.54, 1.807) is 81.1 Å². The summed E-state index contributed by atoms with van der Waals surface area (Å²) in [7, 11) is 3.14. The number of pyridine rings is 1. The minimum atomic E-state index is -1.26. The van der Waals surface area contributed by atoms with E-state index >= 15 is 0 Å². The van der Waals surface area contributed by atoms with E-state index in [0.717, 1.165) is 5.39 Å². The van der Waals surface area contributed by atoms with Gasteiger partial charge in [0, 0.05) is 23.3 Å². The fraction of sp³-hybridized carbons (Fsp3) is 0.147. The molecular weight excluding hydrogens is 579 g/mol. The van der Waals surface area contributed by atoms with E-state index in [0.29, 0.717) is 58.4 Å². The standard InChI is InChI=1S/C34H27FN4O6/c1-42-30-19-27-28(20-31(30)43-2)36-18-15-29(27)44-25-11-7-23(8-12-25)38-39-24-9-13-26(14-10-24)45-33(41)34(16-17-34)32(40)37-22-5-3-21(35)4-6-22/h3-15,18-20H,16-17H2,1-2H3,(H,37,40). The quantitative estimate of drug-likeness (QED) is 0.0742. The van der Waals surface area contributed by atoms with Gasteiger partial charge in [0.2, 0.25) is 5.91 Å². The lowest BCUT2D eigenvalue weighted by atomic mass is 10.1. The number of anilines is 1. The van der Waals surface area contributed by atoms with Gasteiger partial charge in [0.1, 0.15) is 28.5 Å². The SMILES string of the molecule is COc1cc2nccc(Oc3ccc(N=Nc4ccc(OC(=O)C5(C(=O)Nc6ccc(F)cc6)CC5)cc4)cc3)c2cc1OC. The van der Waals surface area contributed by atoms with Crippen LogP contribution in [0.1, 0.15) is 12.8 Å². The van der Waals surface area contributed by atoms with E-state index in [1.807, 2.05) is 6.07 Å². The number of aromatic nitrogens is 1. The number of methoxy groups -OCH3 is 2. The maximum atomic E-state index is 13.1. The van der Waals surface area contributed by atoms with Gasteiger partial charge in [-0.3, -0.25) is 14.6 Å². The number of azo groups is 1. The number of carbonyl (C=O) groups is 2. The molecular formula is C34H27FN4O6. The minimum Gasteiger partial charge on any atom is -0.493 e. The molecule has 0 radical (unpaired) electrons. The third-order valence-electron chi connectivity index (χ3n) is 7.28. The largest absolute Gasteiger partial charge is 0.493 e. The van der Waals surface area contributed by atoms with Crippen LogP contribution in [-0.2, 0) is 9.59 Å². The number of fused-ring (bicyclic) bond motifs is 1. The lowest BCUT2D eigenvalue weighted by Gasteiger charge is -2.14. The Kier molecular flexibility index (Phi) is 8.06. The Morgan fingerprint density at radius 1 is 0.778 bits per heavy atom. The number of esters is 1. The van der Waals surface area contributed by atoms with Gasteiger partial charge in [-0.25, -0.2) is 4.39 Å². The third-order valence-corrected chi connectivity index (χ3v) is 7.28. The van der Waals surface area contributed by atoms with Gasteiger partial charge in [0.05, 0.1) is 31.1 Å². The number of ether oxygens (including phenoxy) is 4.